The third-order valence-electron chi connectivity index (χ3n) is 4.40. The number of ether oxygens (including phenoxy) is 1. The van der Waals surface area contributed by atoms with E-state index in [2.05, 4.69) is 16.3 Å². The fourth-order valence-electron chi connectivity index (χ4n) is 3.14. The third-order valence-corrected chi connectivity index (χ3v) is 4.40. The molecule has 0 bridgehead atoms. The lowest BCUT2D eigenvalue weighted by Gasteiger charge is -2.34. The fraction of sp³-hybridized carbons (Fsp3) is 0.647. The van der Waals surface area contributed by atoms with Gasteiger partial charge in [-0.15, -0.1) is 0 Å². The third kappa shape index (κ3) is 4.17. The van der Waals surface area contributed by atoms with Crippen molar-refractivity contribution < 1.29 is 9.13 Å². The number of piperidine rings is 1. The molecule has 21 heavy (non-hydrogen) atoms. The summed E-state index contributed by atoms with van der Waals surface area (Å²) >= 11 is 0. The lowest BCUT2D eigenvalue weighted by atomic mass is 9.98. The number of rotatable bonds is 6. The molecular weight excluding hydrogens is 267 g/mol. The van der Waals surface area contributed by atoms with Crippen molar-refractivity contribution in [2.45, 2.75) is 38.3 Å². The van der Waals surface area contributed by atoms with E-state index in [1.54, 1.807) is 19.2 Å². The van der Waals surface area contributed by atoms with Crippen LogP contribution in [-0.2, 0) is 11.3 Å². The van der Waals surface area contributed by atoms with Gasteiger partial charge in [-0.25, -0.2) is 4.39 Å². The van der Waals surface area contributed by atoms with Gasteiger partial charge in [0.05, 0.1) is 6.61 Å². The number of nitrogens with one attached hydrogen (secondary N) is 1. The average Bonchev–Trinajstić information content (AvgIpc) is 3.29. The van der Waals surface area contributed by atoms with Crippen LogP contribution >= 0.6 is 0 Å². The second-order valence-corrected chi connectivity index (χ2v) is 6.38. The molecule has 1 heterocycles. The molecule has 1 unspecified atom stereocenters. The molecule has 1 aliphatic carbocycles. The highest BCUT2D eigenvalue weighted by molar-refractivity contribution is 5.49. The average molecular weight is 292 g/mol. The number of benzene rings is 1. The van der Waals surface area contributed by atoms with E-state index in [4.69, 9.17) is 4.74 Å². The molecule has 1 N–H and O–H groups in total. The number of hydrogen-bond acceptors (Lipinski definition) is 3. The van der Waals surface area contributed by atoms with Crippen molar-refractivity contribution in [3.8, 4) is 0 Å². The van der Waals surface area contributed by atoms with Gasteiger partial charge in [-0.05, 0) is 55.4 Å². The quantitative estimate of drug-likeness (QED) is 0.872. The molecule has 0 amide bonds. The van der Waals surface area contributed by atoms with E-state index in [9.17, 15) is 4.39 Å². The van der Waals surface area contributed by atoms with E-state index in [0.717, 1.165) is 43.9 Å². The normalized spacial score (nSPS) is 22.6. The van der Waals surface area contributed by atoms with Crippen LogP contribution < -0.4 is 10.2 Å². The highest BCUT2D eigenvalue weighted by Crippen LogP contribution is 2.26. The van der Waals surface area contributed by atoms with Crippen molar-refractivity contribution in [3.05, 3.63) is 29.6 Å². The smallest absolute Gasteiger partial charge is 0.125 e. The SMILES string of the molecule is COCC1CCCN(c2cc(F)cc(CNC3CC3)c2)C1. The molecule has 4 heteroatoms. The molecular formula is C17H25FN2O. The lowest BCUT2D eigenvalue weighted by molar-refractivity contribution is 0.143. The fourth-order valence-corrected chi connectivity index (χ4v) is 3.14. The van der Waals surface area contributed by atoms with E-state index in [1.165, 1.54) is 19.3 Å². The van der Waals surface area contributed by atoms with Crippen molar-refractivity contribution in [2.24, 2.45) is 5.92 Å². The van der Waals surface area contributed by atoms with E-state index in [-0.39, 0.29) is 5.82 Å². The van der Waals surface area contributed by atoms with Crippen LogP contribution in [0.15, 0.2) is 18.2 Å². The van der Waals surface area contributed by atoms with Gasteiger partial charge in [-0.3, -0.25) is 0 Å². The van der Waals surface area contributed by atoms with Crippen LogP contribution in [0.5, 0.6) is 0 Å². The summed E-state index contributed by atoms with van der Waals surface area (Å²) in [5.74, 6) is 0.425. The highest BCUT2D eigenvalue weighted by atomic mass is 19.1. The van der Waals surface area contributed by atoms with Crippen molar-refractivity contribution in [3.63, 3.8) is 0 Å². The Bertz CT molecular complexity index is 474. The van der Waals surface area contributed by atoms with E-state index >= 15 is 0 Å². The Morgan fingerprint density at radius 3 is 2.90 bits per heavy atom. The second kappa shape index (κ2) is 6.75. The van der Waals surface area contributed by atoms with Gasteiger partial charge in [0.15, 0.2) is 0 Å². The van der Waals surface area contributed by atoms with Crippen LogP contribution in [-0.4, -0.2) is 32.8 Å². The number of halogens is 1. The van der Waals surface area contributed by atoms with Crippen LogP contribution in [0.25, 0.3) is 0 Å². The highest BCUT2D eigenvalue weighted by Gasteiger charge is 2.22. The van der Waals surface area contributed by atoms with Crippen LogP contribution in [0.4, 0.5) is 10.1 Å². The molecule has 1 aromatic carbocycles. The van der Waals surface area contributed by atoms with Crippen LogP contribution in [0.1, 0.15) is 31.2 Å². The molecule has 116 valence electrons. The van der Waals surface area contributed by atoms with Crippen molar-refractivity contribution in [1.29, 1.82) is 0 Å². The topological polar surface area (TPSA) is 24.5 Å². The maximum absolute atomic E-state index is 13.9. The second-order valence-electron chi connectivity index (χ2n) is 6.38. The van der Waals surface area contributed by atoms with Gasteiger partial charge in [0, 0.05) is 38.5 Å². The number of methoxy groups -OCH3 is 1. The van der Waals surface area contributed by atoms with Gasteiger partial charge in [-0.2, -0.15) is 0 Å². The first-order chi connectivity index (χ1) is 10.2. The first kappa shape index (κ1) is 14.8. The Morgan fingerprint density at radius 2 is 2.14 bits per heavy atom. The Balaban J connectivity index is 1.67. The summed E-state index contributed by atoms with van der Waals surface area (Å²) in [6.45, 7) is 3.54. The Morgan fingerprint density at radius 1 is 1.29 bits per heavy atom. The molecule has 1 saturated carbocycles. The van der Waals surface area contributed by atoms with E-state index in [0.29, 0.717) is 12.0 Å². The summed E-state index contributed by atoms with van der Waals surface area (Å²) in [6, 6.07) is 6.09. The molecule has 0 spiro atoms. The van der Waals surface area contributed by atoms with Crippen molar-refractivity contribution >= 4 is 5.69 Å². The molecule has 1 atom stereocenters. The van der Waals surface area contributed by atoms with Gasteiger partial charge < -0.3 is 15.0 Å². The molecule has 1 aliphatic heterocycles. The summed E-state index contributed by atoms with van der Waals surface area (Å²) in [6.07, 6.45) is 4.87. The summed E-state index contributed by atoms with van der Waals surface area (Å²) in [5, 5.41) is 3.45. The maximum Gasteiger partial charge on any atom is 0.125 e. The molecule has 1 saturated heterocycles. The maximum atomic E-state index is 13.9. The molecule has 2 aliphatic rings. The summed E-state index contributed by atoms with van der Waals surface area (Å²) in [7, 11) is 1.75. The minimum absolute atomic E-state index is 0.131. The van der Waals surface area contributed by atoms with Crippen LogP contribution in [0, 0.1) is 11.7 Å². The predicted octanol–water partition coefficient (Wildman–Crippen LogP) is 2.94. The first-order valence-electron chi connectivity index (χ1n) is 8.01. The van der Waals surface area contributed by atoms with E-state index < -0.39 is 0 Å². The Hall–Kier alpha value is -1.13. The van der Waals surface area contributed by atoms with Crippen LogP contribution in [0.3, 0.4) is 0 Å². The molecule has 0 aromatic heterocycles. The lowest BCUT2D eigenvalue weighted by Crippen LogP contribution is -2.37. The molecule has 3 rings (SSSR count). The zero-order valence-electron chi connectivity index (χ0n) is 12.8. The minimum atomic E-state index is -0.131. The predicted molar refractivity (Wildman–Crippen MR) is 83.1 cm³/mol. The van der Waals surface area contributed by atoms with Gasteiger partial charge in [0.2, 0.25) is 0 Å². The largest absolute Gasteiger partial charge is 0.384 e. The summed E-state index contributed by atoms with van der Waals surface area (Å²) < 4.78 is 19.2. The van der Waals surface area contributed by atoms with Gasteiger partial charge in [0.25, 0.3) is 0 Å². The van der Waals surface area contributed by atoms with Gasteiger partial charge in [0.1, 0.15) is 5.82 Å². The van der Waals surface area contributed by atoms with Gasteiger partial charge >= 0.3 is 0 Å². The number of anilines is 1. The van der Waals surface area contributed by atoms with Crippen molar-refractivity contribution in [1.82, 2.24) is 5.32 Å². The standard InChI is InChI=1S/C17H25FN2O/c1-21-12-13-3-2-6-20(11-13)17-8-14(7-15(18)9-17)10-19-16-4-5-16/h7-9,13,16,19H,2-6,10-12H2,1H3. The van der Waals surface area contributed by atoms with Gasteiger partial charge in [-0.1, -0.05) is 0 Å². The molecule has 1 aromatic rings. The number of hydrogen-bond donors (Lipinski definition) is 1. The summed E-state index contributed by atoms with van der Waals surface area (Å²) in [4.78, 5) is 2.30. The molecule has 0 radical (unpaired) electrons. The minimum Gasteiger partial charge on any atom is -0.384 e. The first-order valence-corrected chi connectivity index (χ1v) is 8.01. The number of nitrogens with zero attached hydrogens (tertiary/aromatic N) is 1. The summed E-state index contributed by atoms with van der Waals surface area (Å²) in [5.41, 5.74) is 2.06. The van der Waals surface area contributed by atoms with Crippen molar-refractivity contribution in [2.75, 3.05) is 31.7 Å². The van der Waals surface area contributed by atoms with E-state index in [1.807, 2.05) is 0 Å². The monoisotopic (exact) mass is 292 g/mol. The van der Waals surface area contributed by atoms with Crippen LogP contribution in [0.2, 0.25) is 0 Å². The zero-order valence-corrected chi connectivity index (χ0v) is 12.8. The zero-order chi connectivity index (χ0) is 14.7. The Labute approximate surface area is 126 Å². The molecule has 3 nitrogen and oxygen atoms in total. The Kier molecular flexibility index (Phi) is 4.76. The molecule has 2 fully saturated rings.